The third-order valence-electron chi connectivity index (χ3n) is 3.06. The predicted molar refractivity (Wildman–Crippen MR) is 58.3 cm³/mol. The molecule has 88 valence electrons. The molecule has 0 aromatic heterocycles. The van der Waals surface area contributed by atoms with Crippen molar-refractivity contribution in [2.24, 2.45) is 4.99 Å². The fraction of sp³-hybridized carbons (Fsp3) is 0.364. The minimum Gasteiger partial charge on any atom is -0.506 e. The summed E-state index contributed by atoms with van der Waals surface area (Å²) in [5.74, 6) is 0.696. The van der Waals surface area contributed by atoms with Crippen molar-refractivity contribution < 1.29 is 19.4 Å². The van der Waals surface area contributed by atoms with Crippen molar-refractivity contribution in [3.05, 3.63) is 16.7 Å². The molecule has 2 aliphatic rings. The highest BCUT2D eigenvalue weighted by atomic mass is 35.5. The zero-order valence-electron chi connectivity index (χ0n) is 8.70. The summed E-state index contributed by atoms with van der Waals surface area (Å²) in [4.78, 5) is 14.1. The Morgan fingerprint density at radius 3 is 2.88 bits per heavy atom. The van der Waals surface area contributed by atoms with Gasteiger partial charge in [0.15, 0.2) is 11.5 Å². The molecule has 0 unspecified atom stereocenters. The molecule has 3 rings (SSSR count). The van der Waals surface area contributed by atoms with Crippen LogP contribution in [0.2, 0.25) is 5.02 Å². The van der Waals surface area contributed by atoms with E-state index < -0.39 is 5.54 Å². The summed E-state index contributed by atoms with van der Waals surface area (Å²) in [7, 11) is 0. The van der Waals surface area contributed by atoms with E-state index in [0.717, 1.165) is 0 Å². The van der Waals surface area contributed by atoms with Crippen molar-refractivity contribution in [1.29, 1.82) is 0 Å². The molecule has 0 amide bonds. The van der Waals surface area contributed by atoms with Crippen molar-refractivity contribution in [3.63, 3.8) is 0 Å². The van der Waals surface area contributed by atoms with Gasteiger partial charge in [0.2, 0.25) is 12.9 Å². The quantitative estimate of drug-likeness (QED) is 0.647. The van der Waals surface area contributed by atoms with Crippen LogP contribution >= 0.6 is 11.6 Å². The molecule has 1 aromatic rings. The van der Waals surface area contributed by atoms with Gasteiger partial charge in [0, 0.05) is 5.56 Å². The number of halogens is 1. The molecular formula is C11H8ClNO4. The number of hydrogen-bond acceptors (Lipinski definition) is 5. The number of phenols is 1. The van der Waals surface area contributed by atoms with Crippen molar-refractivity contribution in [3.8, 4) is 17.2 Å². The molecule has 0 bridgehead atoms. The third kappa shape index (κ3) is 1.40. The molecule has 1 N–H and O–H groups in total. The fourth-order valence-corrected chi connectivity index (χ4v) is 2.24. The second-order valence-electron chi connectivity index (χ2n) is 4.06. The summed E-state index contributed by atoms with van der Waals surface area (Å²) in [6.07, 6.45) is 2.90. The molecule has 0 saturated heterocycles. The highest BCUT2D eigenvalue weighted by Crippen LogP contribution is 2.57. The van der Waals surface area contributed by atoms with Crippen LogP contribution in [-0.4, -0.2) is 18.0 Å². The zero-order chi connectivity index (χ0) is 12.0. The highest BCUT2D eigenvalue weighted by Gasteiger charge is 2.48. The average Bonchev–Trinajstić information content (AvgIpc) is 2.92. The van der Waals surface area contributed by atoms with Crippen molar-refractivity contribution in [2.45, 2.75) is 18.4 Å². The molecule has 5 nitrogen and oxygen atoms in total. The van der Waals surface area contributed by atoms with Gasteiger partial charge >= 0.3 is 0 Å². The molecule has 0 radical (unpaired) electrons. The molecule has 6 heteroatoms. The number of benzene rings is 1. The van der Waals surface area contributed by atoms with Crippen LogP contribution in [0.4, 0.5) is 0 Å². The molecule has 1 aliphatic heterocycles. The minimum atomic E-state index is -0.684. The second-order valence-corrected chi connectivity index (χ2v) is 4.43. The van der Waals surface area contributed by atoms with Crippen molar-refractivity contribution in [2.75, 3.05) is 6.79 Å². The lowest BCUT2D eigenvalue weighted by Gasteiger charge is -2.13. The van der Waals surface area contributed by atoms with Crippen LogP contribution in [0.25, 0.3) is 0 Å². The molecule has 0 spiro atoms. The van der Waals surface area contributed by atoms with Crippen molar-refractivity contribution >= 4 is 17.7 Å². The van der Waals surface area contributed by atoms with E-state index in [9.17, 15) is 9.90 Å². The second kappa shape index (κ2) is 3.39. The monoisotopic (exact) mass is 253 g/mol. The summed E-state index contributed by atoms with van der Waals surface area (Å²) >= 11 is 5.98. The van der Waals surface area contributed by atoms with Crippen LogP contribution < -0.4 is 9.47 Å². The number of carbonyl (C=O) groups excluding carboxylic acids is 1. The third-order valence-corrected chi connectivity index (χ3v) is 3.41. The number of fused-ring (bicyclic) bond motifs is 1. The largest absolute Gasteiger partial charge is 0.506 e. The Bertz CT molecular complexity index is 547. The van der Waals surface area contributed by atoms with E-state index in [1.807, 2.05) is 0 Å². The first-order valence-corrected chi connectivity index (χ1v) is 5.46. The fourth-order valence-electron chi connectivity index (χ4n) is 1.99. The van der Waals surface area contributed by atoms with Crippen LogP contribution in [0.1, 0.15) is 18.4 Å². The van der Waals surface area contributed by atoms with Crippen LogP contribution in [0.3, 0.4) is 0 Å². The van der Waals surface area contributed by atoms with Gasteiger partial charge in [-0.15, -0.1) is 0 Å². The number of rotatable bonds is 2. The number of phenolic OH excluding ortho intramolecular Hbond substituents is 1. The normalized spacial score (nSPS) is 18.6. The number of nitrogens with zero attached hydrogens (tertiary/aromatic N) is 1. The van der Waals surface area contributed by atoms with Gasteiger partial charge in [-0.1, -0.05) is 11.6 Å². The lowest BCUT2D eigenvalue weighted by Crippen LogP contribution is -2.03. The summed E-state index contributed by atoms with van der Waals surface area (Å²) in [5, 5.41) is 10.1. The summed E-state index contributed by atoms with van der Waals surface area (Å²) < 4.78 is 10.4. The van der Waals surface area contributed by atoms with E-state index in [1.165, 1.54) is 6.08 Å². The first kappa shape index (κ1) is 10.4. The Kier molecular flexibility index (Phi) is 2.08. The molecule has 1 aromatic carbocycles. The Labute approximate surface area is 102 Å². The van der Waals surface area contributed by atoms with Gasteiger partial charge in [0.1, 0.15) is 16.3 Å². The van der Waals surface area contributed by atoms with Gasteiger partial charge < -0.3 is 14.6 Å². The zero-order valence-corrected chi connectivity index (χ0v) is 9.45. The molecule has 1 saturated carbocycles. The maximum atomic E-state index is 10.4. The van der Waals surface area contributed by atoms with Crippen LogP contribution in [0, 0.1) is 0 Å². The molecule has 17 heavy (non-hydrogen) atoms. The molecular weight excluding hydrogens is 246 g/mol. The number of hydrogen-bond donors (Lipinski definition) is 1. The van der Waals surface area contributed by atoms with Crippen LogP contribution in [0.15, 0.2) is 11.1 Å². The van der Waals surface area contributed by atoms with Crippen molar-refractivity contribution in [1.82, 2.24) is 0 Å². The Hall–Kier alpha value is -1.71. The summed E-state index contributed by atoms with van der Waals surface area (Å²) in [5.41, 5.74) is -0.189. The maximum Gasteiger partial charge on any atom is 0.235 e. The predicted octanol–water partition coefficient (Wildman–Crippen LogP) is 2.10. The number of aromatic hydroxyl groups is 1. The van der Waals surface area contributed by atoms with Gasteiger partial charge in [-0.2, -0.15) is 4.99 Å². The highest BCUT2D eigenvalue weighted by molar-refractivity contribution is 6.34. The minimum absolute atomic E-state index is 0.0713. The molecule has 0 atom stereocenters. The van der Waals surface area contributed by atoms with Crippen LogP contribution in [-0.2, 0) is 10.3 Å². The first-order valence-electron chi connectivity index (χ1n) is 5.08. The number of aliphatic imine (C=N–C) groups is 1. The lowest BCUT2D eigenvalue weighted by atomic mass is 10.0. The maximum absolute atomic E-state index is 10.4. The summed E-state index contributed by atoms with van der Waals surface area (Å²) in [6, 6.07) is 1.62. The van der Waals surface area contributed by atoms with E-state index in [-0.39, 0.29) is 17.6 Å². The average molecular weight is 254 g/mol. The molecule has 1 aliphatic carbocycles. The van der Waals surface area contributed by atoms with E-state index in [1.54, 1.807) is 6.07 Å². The van der Waals surface area contributed by atoms with Gasteiger partial charge in [0.25, 0.3) is 0 Å². The van der Waals surface area contributed by atoms with Gasteiger partial charge in [-0.3, -0.25) is 0 Å². The first-order chi connectivity index (χ1) is 8.18. The van der Waals surface area contributed by atoms with Gasteiger partial charge in [-0.25, -0.2) is 4.79 Å². The topological polar surface area (TPSA) is 68.1 Å². The lowest BCUT2D eigenvalue weighted by molar-refractivity contribution is 0.174. The van der Waals surface area contributed by atoms with E-state index >= 15 is 0 Å². The van der Waals surface area contributed by atoms with E-state index in [4.69, 9.17) is 21.1 Å². The smallest absolute Gasteiger partial charge is 0.235 e. The molecule has 1 heterocycles. The Morgan fingerprint density at radius 1 is 1.47 bits per heavy atom. The van der Waals surface area contributed by atoms with Gasteiger partial charge in [-0.05, 0) is 18.9 Å². The molecule has 1 fully saturated rings. The van der Waals surface area contributed by atoms with E-state index in [2.05, 4.69) is 4.99 Å². The SMILES string of the molecule is O=C=NC1(c2cc3c(c(Cl)c2O)OCO3)CC1. The van der Waals surface area contributed by atoms with Gasteiger partial charge in [0.05, 0.1) is 0 Å². The number of isocyanates is 1. The Balaban J connectivity index is 2.19. The number of ether oxygens (including phenoxy) is 2. The van der Waals surface area contributed by atoms with E-state index in [0.29, 0.717) is 29.9 Å². The Morgan fingerprint density at radius 2 is 2.24 bits per heavy atom. The standard InChI is InChI=1S/C11H8ClNO4/c12-8-9(15)6(11(1-2-11)13-4-14)3-7-10(8)17-5-16-7/h3,15H,1-2,5H2. The van der Waals surface area contributed by atoms with Crippen LogP contribution in [0.5, 0.6) is 17.2 Å². The summed E-state index contributed by atoms with van der Waals surface area (Å²) in [6.45, 7) is 0.0713.